The van der Waals surface area contributed by atoms with E-state index in [-0.39, 0.29) is 0 Å². The summed E-state index contributed by atoms with van der Waals surface area (Å²) in [4.78, 5) is 6.47. The zero-order valence-corrected chi connectivity index (χ0v) is 12.7. The monoisotopic (exact) mass is 313 g/mol. The van der Waals surface area contributed by atoms with E-state index in [0.717, 1.165) is 38.0 Å². The average Bonchev–Trinajstić information content (AvgIpc) is 2.87. The Balaban J connectivity index is 1.63. The van der Waals surface area contributed by atoms with Crippen molar-refractivity contribution in [3.05, 3.63) is 18.3 Å². The number of anilines is 2. The Hall–Kier alpha value is -1.38. The van der Waals surface area contributed by atoms with E-state index in [0.29, 0.717) is 18.9 Å². The molecule has 0 radical (unpaired) electrons. The molecule has 21 heavy (non-hydrogen) atoms. The topological polar surface area (TPSA) is 80.8 Å². The third-order valence-corrected chi connectivity index (χ3v) is 4.32. The van der Waals surface area contributed by atoms with Crippen molar-refractivity contribution in [1.82, 2.24) is 4.98 Å². The summed E-state index contributed by atoms with van der Waals surface area (Å²) >= 11 is 0. The van der Waals surface area contributed by atoms with Gasteiger partial charge < -0.3 is 14.4 Å². The zero-order valence-electron chi connectivity index (χ0n) is 11.9. The highest BCUT2D eigenvalue weighted by Crippen LogP contribution is 2.32. The summed E-state index contributed by atoms with van der Waals surface area (Å²) in [5.74, 6) is 0.441. The Morgan fingerprint density at radius 2 is 1.90 bits per heavy atom. The molecular weight excluding hydrogens is 294 g/mol. The minimum Gasteiger partial charge on any atom is -0.356 e. The maximum Gasteiger partial charge on any atom is 0.229 e. The predicted octanol–water partition coefficient (Wildman–Crippen LogP) is 0.796. The number of pyridine rings is 1. The quantitative estimate of drug-likeness (QED) is 0.889. The first-order chi connectivity index (χ1) is 9.96. The van der Waals surface area contributed by atoms with Crippen molar-refractivity contribution in [2.75, 3.05) is 42.2 Å². The number of hydrogen-bond acceptors (Lipinski definition) is 6. The Bertz CT molecular complexity index is 586. The Kier molecular flexibility index (Phi) is 3.76. The molecule has 0 atom stereocenters. The average molecular weight is 313 g/mol. The highest BCUT2D eigenvalue weighted by atomic mass is 32.2. The van der Waals surface area contributed by atoms with E-state index in [1.54, 1.807) is 6.07 Å². The largest absolute Gasteiger partial charge is 0.356 e. The van der Waals surface area contributed by atoms with Crippen LogP contribution in [0.3, 0.4) is 0 Å². The van der Waals surface area contributed by atoms with Crippen molar-refractivity contribution in [2.24, 2.45) is 0 Å². The molecular formula is C13H19N3O4S. The fraction of sp³-hybridized carbons (Fsp3) is 0.615. The molecule has 0 amide bonds. The SMILES string of the molecule is CS(=O)(=O)Nc1ccc(N2CCC3(CC2)OCCO3)nc1. The molecule has 3 heterocycles. The van der Waals surface area contributed by atoms with Crippen LogP contribution in [-0.4, -0.2) is 51.7 Å². The van der Waals surface area contributed by atoms with Crippen LogP contribution in [0.4, 0.5) is 11.5 Å². The van der Waals surface area contributed by atoms with E-state index >= 15 is 0 Å². The van der Waals surface area contributed by atoms with Crippen molar-refractivity contribution >= 4 is 21.5 Å². The van der Waals surface area contributed by atoms with Gasteiger partial charge in [-0.3, -0.25) is 4.72 Å². The summed E-state index contributed by atoms with van der Waals surface area (Å²) in [6, 6.07) is 3.54. The van der Waals surface area contributed by atoms with E-state index in [2.05, 4.69) is 14.6 Å². The van der Waals surface area contributed by atoms with Crippen molar-refractivity contribution in [3.8, 4) is 0 Å². The van der Waals surface area contributed by atoms with Crippen molar-refractivity contribution in [2.45, 2.75) is 18.6 Å². The van der Waals surface area contributed by atoms with Gasteiger partial charge in [-0.2, -0.15) is 0 Å². The van der Waals surface area contributed by atoms with Crippen LogP contribution in [0.15, 0.2) is 18.3 Å². The highest BCUT2D eigenvalue weighted by Gasteiger charge is 2.39. The summed E-state index contributed by atoms with van der Waals surface area (Å²) in [6.45, 7) is 2.96. The molecule has 1 spiro atoms. The van der Waals surface area contributed by atoms with Crippen molar-refractivity contribution in [1.29, 1.82) is 0 Å². The van der Waals surface area contributed by atoms with E-state index in [1.807, 2.05) is 6.07 Å². The molecule has 3 rings (SSSR count). The number of nitrogens with zero attached hydrogens (tertiary/aromatic N) is 2. The molecule has 2 aliphatic rings. The van der Waals surface area contributed by atoms with Gasteiger partial charge in [-0.05, 0) is 12.1 Å². The van der Waals surface area contributed by atoms with Crippen molar-refractivity contribution in [3.63, 3.8) is 0 Å². The lowest BCUT2D eigenvalue weighted by atomic mass is 10.0. The van der Waals surface area contributed by atoms with E-state index in [9.17, 15) is 8.42 Å². The molecule has 8 heteroatoms. The van der Waals surface area contributed by atoms with Crippen LogP contribution in [0.25, 0.3) is 0 Å². The van der Waals surface area contributed by atoms with Gasteiger partial charge in [0.15, 0.2) is 5.79 Å². The minimum absolute atomic E-state index is 0.395. The molecule has 2 fully saturated rings. The van der Waals surface area contributed by atoms with Crippen LogP contribution in [-0.2, 0) is 19.5 Å². The number of nitrogens with one attached hydrogen (secondary N) is 1. The molecule has 0 unspecified atom stereocenters. The summed E-state index contributed by atoms with van der Waals surface area (Å²) in [5, 5.41) is 0. The number of hydrogen-bond donors (Lipinski definition) is 1. The molecule has 1 aromatic rings. The van der Waals surface area contributed by atoms with Gasteiger partial charge >= 0.3 is 0 Å². The number of rotatable bonds is 3. The van der Waals surface area contributed by atoms with Crippen molar-refractivity contribution < 1.29 is 17.9 Å². The summed E-state index contributed by atoms with van der Waals surface area (Å²) in [5.41, 5.74) is 0.470. The van der Waals surface area contributed by atoms with Gasteiger partial charge in [0.25, 0.3) is 0 Å². The summed E-state index contributed by atoms with van der Waals surface area (Å²) in [6.07, 6.45) is 4.28. The lowest BCUT2D eigenvalue weighted by Gasteiger charge is -2.38. The van der Waals surface area contributed by atoms with E-state index in [4.69, 9.17) is 9.47 Å². The second kappa shape index (κ2) is 5.43. The molecule has 7 nitrogen and oxygen atoms in total. The number of sulfonamides is 1. The van der Waals surface area contributed by atoms with Crippen LogP contribution in [0.1, 0.15) is 12.8 Å². The molecule has 1 aromatic heterocycles. The third-order valence-electron chi connectivity index (χ3n) is 3.71. The molecule has 116 valence electrons. The van der Waals surface area contributed by atoms with Crippen LogP contribution in [0, 0.1) is 0 Å². The molecule has 0 aliphatic carbocycles. The smallest absolute Gasteiger partial charge is 0.229 e. The van der Waals surface area contributed by atoms with Gasteiger partial charge in [-0.1, -0.05) is 0 Å². The predicted molar refractivity (Wildman–Crippen MR) is 78.8 cm³/mol. The second-order valence-electron chi connectivity index (χ2n) is 5.37. The van der Waals surface area contributed by atoms with Gasteiger partial charge in [-0.15, -0.1) is 0 Å². The normalized spacial score (nSPS) is 21.7. The first-order valence-corrected chi connectivity index (χ1v) is 8.82. The lowest BCUT2D eigenvalue weighted by Crippen LogP contribution is -2.45. The van der Waals surface area contributed by atoms with E-state index in [1.165, 1.54) is 6.20 Å². The first kappa shape index (κ1) is 14.6. The first-order valence-electron chi connectivity index (χ1n) is 6.93. The van der Waals surface area contributed by atoms with Crippen LogP contribution in [0.2, 0.25) is 0 Å². The fourth-order valence-corrected chi connectivity index (χ4v) is 3.26. The van der Waals surface area contributed by atoms with Gasteiger partial charge in [-0.25, -0.2) is 13.4 Å². The number of piperidine rings is 1. The Morgan fingerprint density at radius 3 is 2.43 bits per heavy atom. The molecule has 1 N–H and O–H groups in total. The zero-order chi connectivity index (χ0) is 14.9. The van der Waals surface area contributed by atoms with Gasteiger partial charge in [0.05, 0.1) is 31.4 Å². The molecule has 2 saturated heterocycles. The van der Waals surface area contributed by atoms with Gasteiger partial charge in [0.2, 0.25) is 10.0 Å². The summed E-state index contributed by atoms with van der Waals surface area (Å²) in [7, 11) is -3.27. The highest BCUT2D eigenvalue weighted by molar-refractivity contribution is 7.92. The lowest BCUT2D eigenvalue weighted by molar-refractivity contribution is -0.169. The molecule has 0 bridgehead atoms. The molecule has 0 aromatic carbocycles. The maximum absolute atomic E-state index is 11.2. The molecule has 2 aliphatic heterocycles. The molecule has 0 saturated carbocycles. The standard InChI is InChI=1S/C13H19N3O4S/c1-21(17,18)15-11-2-3-12(14-10-11)16-6-4-13(5-7-16)19-8-9-20-13/h2-3,10,15H,4-9H2,1H3. The minimum atomic E-state index is -3.27. The van der Waals surface area contributed by atoms with Crippen LogP contribution < -0.4 is 9.62 Å². The van der Waals surface area contributed by atoms with Crippen LogP contribution >= 0.6 is 0 Å². The van der Waals surface area contributed by atoms with E-state index < -0.39 is 15.8 Å². The maximum atomic E-state index is 11.2. The summed E-state index contributed by atoms with van der Waals surface area (Å²) < 4.78 is 36.1. The number of ether oxygens (including phenoxy) is 2. The Labute approximate surface area is 124 Å². The van der Waals surface area contributed by atoms with Crippen LogP contribution in [0.5, 0.6) is 0 Å². The van der Waals surface area contributed by atoms with Gasteiger partial charge in [0.1, 0.15) is 5.82 Å². The fourth-order valence-electron chi connectivity index (χ4n) is 2.71. The third kappa shape index (κ3) is 3.45. The Morgan fingerprint density at radius 1 is 1.24 bits per heavy atom. The van der Waals surface area contributed by atoms with Gasteiger partial charge in [0, 0.05) is 25.9 Å². The second-order valence-corrected chi connectivity index (χ2v) is 7.12. The number of aromatic nitrogens is 1.